The van der Waals surface area contributed by atoms with Gasteiger partial charge in [-0.05, 0) is 43.9 Å². The van der Waals surface area contributed by atoms with E-state index in [2.05, 4.69) is 6.08 Å². The summed E-state index contributed by atoms with van der Waals surface area (Å²) in [5, 5.41) is 0. The third-order valence-corrected chi connectivity index (χ3v) is 3.92. The van der Waals surface area contributed by atoms with E-state index < -0.39 is 0 Å². The van der Waals surface area contributed by atoms with Crippen molar-refractivity contribution in [2.45, 2.75) is 26.2 Å². The van der Waals surface area contributed by atoms with Crippen molar-refractivity contribution in [2.24, 2.45) is 7.05 Å². The van der Waals surface area contributed by atoms with Crippen molar-refractivity contribution in [1.29, 1.82) is 0 Å². The molecule has 0 saturated heterocycles. The Morgan fingerprint density at radius 1 is 1.16 bits per heavy atom. The topological polar surface area (TPSA) is 26.9 Å². The molecule has 1 aliphatic rings. The molecular formula is C16H18N2O. The van der Waals surface area contributed by atoms with Crippen LogP contribution in [-0.4, -0.2) is 9.36 Å². The molecule has 0 radical (unpaired) electrons. The average Bonchev–Trinajstić information content (AvgIpc) is 3.00. The zero-order chi connectivity index (χ0) is 13.4. The van der Waals surface area contributed by atoms with Gasteiger partial charge in [0.05, 0.1) is 11.3 Å². The lowest BCUT2D eigenvalue weighted by Gasteiger charge is -2.07. The van der Waals surface area contributed by atoms with Gasteiger partial charge in [0.1, 0.15) is 0 Å². The van der Waals surface area contributed by atoms with E-state index in [1.807, 2.05) is 49.0 Å². The zero-order valence-electron chi connectivity index (χ0n) is 11.4. The molecule has 1 heterocycles. The quantitative estimate of drug-likeness (QED) is 0.809. The Balaban J connectivity index is 2.23. The molecule has 0 atom stereocenters. The minimum absolute atomic E-state index is 0.0966. The summed E-state index contributed by atoms with van der Waals surface area (Å²) < 4.78 is 3.70. The maximum Gasteiger partial charge on any atom is 0.279 e. The number of hydrogen-bond acceptors (Lipinski definition) is 1. The molecule has 1 aromatic carbocycles. The summed E-state index contributed by atoms with van der Waals surface area (Å²) in [4.78, 5) is 12.7. The Bertz CT molecular complexity index is 690. The lowest BCUT2D eigenvalue weighted by molar-refractivity contribution is 0.630. The highest BCUT2D eigenvalue weighted by Crippen LogP contribution is 2.28. The maximum absolute atomic E-state index is 12.7. The van der Waals surface area contributed by atoms with E-state index in [1.54, 1.807) is 4.68 Å². The molecule has 0 bridgehead atoms. The monoisotopic (exact) mass is 254 g/mol. The van der Waals surface area contributed by atoms with Gasteiger partial charge in [-0.25, -0.2) is 4.68 Å². The Morgan fingerprint density at radius 2 is 1.89 bits per heavy atom. The van der Waals surface area contributed by atoms with Crippen molar-refractivity contribution in [3.8, 4) is 5.69 Å². The fourth-order valence-corrected chi connectivity index (χ4v) is 2.84. The third-order valence-electron chi connectivity index (χ3n) is 3.92. The van der Waals surface area contributed by atoms with Crippen LogP contribution >= 0.6 is 0 Å². The van der Waals surface area contributed by atoms with Gasteiger partial charge in [-0.15, -0.1) is 0 Å². The lowest BCUT2D eigenvalue weighted by atomic mass is 10.1. The predicted molar refractivity (Wildman–Crippen MR) is 77.6 cm³/mol. The van der Waals surface area contributed by atoms with E-state index in [0.29, 0.717) is 0 Å². The maximum atomic E-state index is 12.7. The van der Waals surface area contributed by atoms with Crippen LogP contribution in [0.25, 0.3) is 11.3 Å². The summed E-state index contributed by atoms with van der Waals surface area (Å²) in [5.74, 6) is 0. The van der Waals surface area contributed by atoms with Crippen LogP contribution in [0.2, 0.25) is 0 Å². The first kappa shape index (κ1) is 12.0. The summed E-state index contributed by atoms with van der Waals surface area (Å²) in [6.07, 6.45) is 5.48. The van der Waals surface area contributed by atoms with E-state index in [1.165, 1.54) is 5.57 Å². The Hall–Kier alpha value is -2.03. The predicted octanol–water partition coefficient (Wildman–Crippen LogP) is 3.05. The van der Waals surface area contributed by atoms with E-state index in [4.69, 9.17) is 0 Å². The first-order valence-electron chi connectivity index (χ1n) is 6.73. The number of benzene rings is 1. The van der Waals surface area contributed by atoms with Gasteiger partial charge in [0, 0.05) is 12.7 Å². The summed E-state index contributed by atoms with van der Waals surface area (Å²) >= 11 is 0. The highest BCUT2D eigenvalue weighted by molar-refractivity contribution is 5.68. The second-order valence-corrected chi connectivity index (χ2v) is 5.06. The summed E-state index contributed by atoms with van der Waals surface area (Å²) in [6.45, 7) is 2.02. The van der Waals surface area contributed by atoms with Crippen LogP contribution in [0.1, 0.15) is 30.5 Å². The number of allylic oxidation sites excluding steroid dienone is 2. The molecule has 0 aliphatic heterocycles. The van der Waals surface area contributed by atoms with Gasteiger partial charge in [0.15, 0.2) is 0 Å². The van der Waals surface area contributed by atoms with Crippen molar-refractivity contribution in [3.63, 3.8) is 0 Å². The highest BCUT2D eigenvalue weighted by Gasteiger charge is 2.20. The first-order valence-corrected chi connectivity index (χ1v) is 6.73. The molecule has 98 valence electrons. The number of para-hydroxylation sites is 1. The van der Waals surface area contributed by atoms with E-state index in [0.717, 1.165) is 36.2 Å². The molecular weight excluding hydrogens is 236 g/mol. The van der Waals surface area contributed by atoms with Crippen LogP contribution in [0.5, 0.6) is 0 Å². The molecule has 1 aliphatic carbocycles. The van der Waals surface area contributed by atoms with Gasteiger partial charge in [-0.1, -0.05) is 24.3 Å². The molecule has 0 N–H and O–H groups in total. The highest BCUT2D eigenvalue weighted by atomic mass is 16.1. The average molecular weight is 254 g/mol. The molecule has 2 aromatic rings. The molecule has 3 heteroatoms. The van der Waals surface area contributed by atoms with Gasteiger partial charge in [0.25, 0.3) is 5.56 Å². The second kappa shape index (κ2) is 4.57. The number of hydrogen-bond donors (Lipinski definition) is 0. The first-order chi connectivity index (χ1) is 9.20. The fourth-order valence-electron chi connectivity index (χ4n) is 2.84. The smallest absolute Gasteiger partial charge is 0.279 e. The molecule has 0 spiro atoms. The SMILES string of the molecule is Cc1c(C2=CCCC2)c(=O)n(-c2ccccc2)n1C. The Labute approximate surface area is 112 Å². The standard InChI is InChI=1S/C16H18N2O/c1-12-15(13-8-6-7-9-13)16(19)18(17(12)2)14-10-4-3-5-11-14/h3-5,8,10-11H,6-7,9H2,1-2H3. The Morgan fingerprint density at radius 3 is 2.53 bits per heavy atom. The lowest BCUT2D eigenvalue weighted by Crippen LogP contribution is -2.20. The van der Waals surface area contributed by atoms with Crippen LogP contribution in [0, 0.1) is 6.92 Å². The minimum atomic E-state index is 0.0966. The summed E-state index contributed by atoms with van der Waals surface area (Å²) in [5.41, 5.74) is 4.17. The van der Waals surface area contributed by atoms with E-state index in [-0.39, 0.29) is 5.56 Å². The van der Waals surface area contributed by atoms with Crippen molar-refractivity contribution < 1.29 is 0 Å². The Kier molecular flexibility index (Phi) is 2.90. The number of nitrogens with zero attached hydrogens (tertiary/aromatic N) is 2. The molecule has 0 fully saturated rings. The van der Waals surface area contributed by atoms with Gasteiger partial charge in [-0.2, -0.15) is 0 Å². The second-order valence-electron chi connectivity index (χ2n) is 5.06. The molecule has 1 aromatic heterocycles. The summed E-state index contributed by atoms with van der Waals surface area (Å²) in [6, 6.07) is 9.81. The number of aromatic nitrogens is 2. The van der Waals surface area contributed by atoms with Crippen LogP contribution in [0.3, 0.4) is 0 Å². The van der Waals surface area contributed by atoms with Crippen LogP contribution in [0.15, 0.2) is 41.2 Å². The minimum Gasteiger partial charge on any atom is -0.285 e. The summed E-state index contributed by atoms with van der Waals surface area (Å²) in [7, 11) is 1.95. The van der Waals surface area contributed by atoms with Crippen molar-refractivity contribution in [2.75, 3.05) is 0 Å². The van der Waals surface area contributed by atoms with E-state index >= 15 is 0 Å². The van der Waals surface area contributed by atoms with Crippen molar-refractivity contribution in [3.05, 3.63) is 58.0 Å². The normalized spacial score (nSPS) is 14.7. The van der Waals surface area contributed by atoms with E-state index in [9.17, 15) is 4.79 Å². The molecule has 3 rings (SSSR count). The third kappa shape index (κ3) is 1.86. The zero-order valence-corrected chi connectivity index (χ0v) is 11.4. The van der Waals surface area contributed by atoms with Crippen LogP contribution < -0.4 is 5.56 Å². The van der Waals surface area contributed by atoms with Gasteiger partial charge >= 0.3 is 0 Å². The van der Waals surface area contributed by atoms with Gasteiger partial charge in [-0.3, -0.25) is 9.48 Å². The molecule has 19 heavy (non-hydrogen) atoms. The molecule has 0 saturated carbocycles. The van der Waals surface area contributed by atoms with Gasteiger partial charge in [0.2, 0.25) is 0 Å². The molecule has 0 amide bonds. The van der Waals surface area contributed by atoms with Crippen LogP contribution in [-0.2, 0) is 7.05 Å². The fraction of sp³-hybridized carbons (Fsp3) is 0.312. The van der Waals surface area contributed by atoms with Gasteiger partial charge < -0.3 is 0 Å². The largest absolute Gasteiger partial charge is 0.285 e. The van der Waals surface area contributed by atoms with Crippen molar-refractivity contribution >= 4 is 5.57 Å². The molecule has 3 nitrogen and oxygen atoms in total. The molecule has 0 unspecified atom stereocenters. The van der Waals surface area contributed by atoms with Crippen LogP contribution in [0.4, 0.5) is 0 Å². The number of rotatable bonds is 2. The van der Waals surface area contributed by atoms with Crippen molar-refractivity contribution in [1.82, 2.24) is 9.36 Å².